The number of fused-ring (bicyclic) bond motifs is 1. The van der Waals surface area contributed by atoms with Crippen LogP contribution in [0.4, 0.5) is 0 Å². The topological polar surface area (TPSA) is 42.1 Å². The van der Waals surface area contributed by atoms with E-state index in [2.05, 4.69) is 27.5 Å². The average molecular weight is 265 g/mol. The van der Waals surface area contributed by atoms with Crippen LogP contribution in [-0.4, -0.2) is 22.4 Å². The van der Waals surface area contributed by atoms with E-state index in [0.29, 0.717) is 6.54 Å². The molecule has 0 bridgehead atoms. The molecule has 90 valence electrons. The zero-order valence-electron chi connectivity index (χ0n) is 9.56. The lowest BCUT2D eigenvalue weighted by Gasteiger charge is -2.13. The molecule has 1 saturated heterocycles. The van der Waals surface area contributed by atoms with Crippen LogP contribution in [0.2, 0.25) is 0 Å². The van der Waals surface area contributed by atoms with Crippen molar-refractivity contribution in [1.29, 1.82) is 0 Å². The first-order chi connectivity index (χ1) is 8.36. The van der Waals surface area contributed by atoms with Gasteiger partial charge in [-0.3, -0.25) is 0 Å². The van der Waals surface area contributed by atoms with Gasteiger partial charge in [-0.05, 0) is 36.9 Å². The Labute approximate surface area is 109 Å². The first kappa shape index (κ1) is 11.5. The zero-order chi connectivity index (χ0) is 11.7. The largest absolute Gasteiger partial charge is 0.325 e. The zero-order valence-corrected chi connectivity index (χ0v) is 11.2. The second-order valence-corrected chi connectivity index (χ2v) is 6.40. The van der Waals surface area contributed by atoms with Crippen LogP contribution >= 0.6 is 23.3 Å². The number of para-hydroxylation sites is 1. The smallest absolute Gasteiger partial charge is 0.107 e. The number of hydrogen-bond acceptors (Lipinski definition) is 5. The summed E-state index contributed by atoms with van der Waals surface area (Å²) in [5, 5.41) is 1.02. The lowest BCUT2D eigenvalue weighted by molar-refractivity contribution is 0.587. The monoisotopic (exact) mass is 265 g/mol. The van der Waals surface area contributed by atoms with Crippen molar-refractivity contribution >= 4 is 33.5 Å². The molecule has 17 heavy (non-hydrogen) atoms. The Kier molecular flexibility index (Phi) is 3.33. The fourth-order valence-electron chi connectivity index (χ4n) is 2.05. The number of aromatic nitrogens is 1. The van der Waals surface area contributed by atoms with E-state index in [9.17, 15) is 0 Å². The highest BCUT2D eigenvalue weighted by molar-refractivity contribution is 7.97. The van der Waals surface area contributed by atoms with Crippen LogP contribution < -0.4 is 5.73 Å². The molecule has 1 fully saturated rings. The van der Waals surface area contributed by atoms with Crippen molar-refractivity contribution < 1.29 is 0 Å². The van der Waals surface area contributed by atoms with Crippen LogP contribution in [0.1, 0.15) is 17.8 Å². The summed E-state index contributed by atoms with van der Waals surface area (Å²) in [6.45, 7) is 2.91. The number of nitrogens with zero attached hydrogens (tertiary/aromatic N) is 2. The van der Waals surface area contributed by atoms with Gasteiger partial charge in [0.05, 0.1) is 15.1 Å². The number of thiazole rings is 1. The van der Waals surface area contributed by atoms with E-state index in [4.69, 9.17) is 5.73 Å². The van der Waals surface area contributed by atoms with Crippen LogP contribution in [0.3, 0.4) is 0 Å². The van der Waals surface area contributed by atoms with Gasteiger partial charge >= 0.3 is 0 Å². The third kappa shape index (κ3) is 2.33. The van der Waals surface area contributed by atoms with E-state index in [1.165, 1.54) is 35.5 Å². The summed E-state index contributed by atoms with van der Waals surface area (Å²) in [7, 11) is 0. The van der Waals surface area contributed by atoms with Crippen LogP contribution in [0.15, 0.2) is 23.1 Å². The van der Waals surface area contributed by atoms with Crippen molar-refractivity contribution in [3.63, 3.8) is 0 Å². The summed E-state index contributed by atoms with van der Waals surface area (Å²) in [5.41, 5.74) is 6.78. The maximum Gasteiger partial charge on any atom is 0.107 e. The van der Waals surface area contributed by atoms with Crippen LogP contribution in [0, 0.1) is 0 Å². The summed E-state index contributed by atoms with van der Waals surface area (Å²) < 4.78 is 3.67. The van der Waals surface area contributed by atoms with Crippen LogP contribution in [-0.2, 0) is 6.54 Å². The van der Waals surface area contributed by atoms with E-state index in [1.807, 2.05) is 11.9 Å². The molecule has 1 aromatic heterocycles. The van der Waals surface area contributed by atoms with E-state index >= 15 is 0 Å². The molecule has 2 aromatic rings. The molecule has 0 aliphatic carbocycles. The highest BCUT2D eigenvalue weighted by Crippen LogP contribution is 2.34. The third-order valence-electron chi connectivity index (χ3n) is 2.89. The standard InChI is InChI=1S/C12H15N3S2/c13-8-11-14-12-9(16-11)4-3-5-10(12)17-15-6-1-2-7-15/h3-5H,1-2,6-8,13H2. The van der Waals surface area contributed by atoms with Crippen molar-refractivity contribution in [2.45, 2.75) is 24.3 Å². The predicted octanol–water partition coefficient (Wildman–Crippen LogP) is 2.86. The Hall–Kier alpha value is -0.620. The molecule has 0 amide bonds. The molecule has 0 atom stereocenters. The molecular formula is C12H15N3S2. The van der Waals surface area contributed by atoms with Gasteiger partial charge in [-0.15, -0.1) is 11.3 Å². The summed E-state index contributed by atoms with van der Waals surface area (Å²) in [6.07, 6.45) is 2.63. The normalized spacial score (nSPS) is 17.0. The number of rotatable bonds is 3. The van der Waals surface area contributed by atoms with Gasteiger partial charge in [0.15, 0.2) is 0 Å². The first-order valence-corrected chi connectivity index (χ1v) is 7.47. The van der Waals surface area contributed by atoms with Gasteiger partial charge in [0.1, 0.15) is 5.01 Å². The van der Waals surface area contributed by atoms with Gasteiger partial charge in [-0.25, -0.2) is 9.29 Å². The Balaban J connectivity index is 1.94. The van der Waals surface area contributed by atoms with Gasteiger partial charge in [0.2, 0.25) is 0 Å². The molecular weight excluding hydrogens is 250 g/mol. The molecule has 5 heteroatoms. The van der Waals surface area contributed by atoms with Crippen molar-refractivity contribution in [2.75, 3.05) is 13.1 Å². The van der Waals surface area contributed by atoms with Gasteiger partial charge in [-0.1, -0.05) is 6.07 Å². The Morgan fingerprint density at radius 1 is 1.35 bits per heavy atom. The third-order valence-corrected chi connectivity index (χ3v) is 5.09. The summed E-state index contributed by atoms with van der Waals surface area (Å²) in [4.78, 5) is 5.88. The molecule has 1 aliphatic rings. The average Bonchev–Trinajstić information content (AvgIpc) is 2.97. The molecule has 3 rings (SSSR count). The van der Waals surface area contributed by atoms with E-state index in [-0.39, 0.29) is 0 Å². The SMILES string of the molecule is NCc1nc2c(SN3CCCC3)cccc2s1. The molecule has 0 saturated carbocycles. The second kappa shape index (κ2) is 4.94. The number of hydrogen-bond donors (Lipinski definition) is 1. The lowest BCUT2D eigenvalue weighted by atomic mass is 10.3. The first-order valence-electron chi connectivity index (χ1n) is 5.88. The molecule has 2 heterocycles. The Morgan fingerprint density at radius 2 is 2.18 bits per heavy atom. The van der Waals surface area contributed by atoms with E-state index < -0.39 is 0 Å². The fraction of sp³-hybridized carbons (Fsp3) is 0.417. The van der Waals surface area contributed by atoms with Crippen molar-refractivity contribution in [1.82, 2.24) is 9.29 Å². The molecule has 0 spiro atoms. The quantitative estimate of drug-likeness (QED) is 0.867. The summed E-state index contributed by atoms with van der Waals surface area (Å²) in [6, 6.07) is 6.39. The molecule has 3 nitrogen and oxygen atoms in total. The molecule has 2 N–H and O–H groups in total. The fourth-order valence-corrected chi connectivity index (χ4v) is 4.09. The van der Waals surface area contributed by atoms with E-state index in [1.54, 1.807) is 11.3 Å². The maximum atomic E-state index is 5.66. The molecule has 0 unspecified atom stereocenters. The minimum Gasteiger partial charge on any atom is -0.325 e. The van der Waals surface area contributed by atoms with Crippen molar-refractivity contribution in [3.05, 3.63) is 23.2 Å². The minimum absolute atomic E-state index is 0.535. The van der Waals surface area contributed by atoms with Gasteiger partial charge in [-0.2, -0.15) is 0 Å². The van der Waals surface area contributed by atoms with Gasteiger partial charge in [0, 0.05) is 19.6 Å². The Bertz CT molecular complexity index is 517. The molecule has 1 aliphatic heterocycles. The number of nitrogens with two attached hydrogens (primary N) is 1. The van der Waals surface area contributed by atoms with Crippen LogP contribution in [0.5, 0.6) is 0 Å². The highest BCUT2D eigenvalue weighted by atomic mass is 32.2. The molecule has 0 radical (unpaired) electrons. The van der Waals surface area contributed by atoms with Crippen molar-refractivity contribution in [3.8, 4) is 0 Å². The summed E-state index contributed by atoms with van der Waals surface area (Å²) in [5.74, 6) is 0. The van der Waals surface area contributed by atoms with E-state index in [0.717, 1.165) is 10.5 Å². The van der Waals surface area contributed by atoms with Gasteiger partial charge in [0.25, 0.3) is 0 Å². The predicted molar refractivity (Wildman–Crippen MR) is 74.2 cm³/mol. The van der Waals surface area contributed by atoms with Crippen molar-refractivity contribution in [2.24, 2.45) is 5.73 Å². The maximum absolute atomic E-state index is 5.66. The lowest BCUT2D eigenvalue weighted by Crippen LogP contribution is -2.08. The minimum atomic E-state index is 0.535. The molecule has 1 aromatic carbocycles. The van der Waals surface area contributed by atoms with Crippen LogP contribution in [0.25, 0.3) is 10.2 Å². The van der Waals surface area contributed by atoms with Gasteiger partial charge < -0.3 is 5.73 Å². The summed E-state index contributed by atoms with van der Waals surface area (Å²) >= 11 is 3.54. The highest BCUT2D eigenvalue weighted by Gasteiger charge is 2.15. The Morgan fingerprint density at radius 3 is 2.94 bits per heavy atom. The number of benzene rings is 1. The second-order valence-electron chi connectivity index (χ2n) is 4.14.